The molecule has 0 aliphatic carbocycles. The van der Waals surface area contributed by atoms with Crippen LogP contribution >= 0.6 is 0 Å². The van der Waals surface area contributed by atoms with E-state index in [0.29, 0.717) is 0 Å². The topological polar surface area (TPSA) is 40.7 Å². The minimum Gasteiger partial charge on any atom is -0.341 e. The Morgan fingerprint density at radius 1 is 0.741 bits per heavy atom. The lowest BCUT2D eigenvalue weighted by molar-refractivity contribution is 0.509. The maximum absolute atomic E-state index is 4.68. The van der Waals surface area contributed by atoms with Crippen LogP contribution in [-0.4, -0.2) is 9.97 Å². The lowest BCUT2D eigenvalue weighted by Crippen LogP contribution is -2.24. The molecule has 3 aromatic carbocycles. The summed E-state index contributed by atoms with van der Waals surface area (Å²) in [6, 6.07) is 31.5. The first-order valence-electron chi connectivity index (χ1n) is 9.30. The Morgan fingerprint density at radius 2 is 1.33 bits per heavy atom. The maximum atomic E-state index is 4.68. The highest BCUT2D eigenvalue weighted by Gasteiger charge is 2.16. The van der Waals surface area contributed by atoms with Gasteiger partial charge in [-0.1, -0.05) is 91.0 Å². The van der Waals surface area contributed by atoms with Crippen LogP contribution in [0.1, 0.15) is 23.0 Å². The van der Waals surface area contributed by atoms with Crippen LogP contribution in [0.4, 0.5) is 0 Å². The monoisotopic (exact) mass is 353 g/mol. The van der Waals surface area contributed by atoms with Crippen LogP contribution in [0.15, 0.2) is 97.2 Å². The lowest BCUT2D eigenvalue weighted by atomic mass is 10.0. The summed E-state index contributed by atoms with van der Waals surface area (Å²) in [6.07, 6.45) is 2.81. The first-order valence-corrected chi connectivity index (χ1v) is 9.30. The van der Waals surface area contributed by atoms with Crippen LogP contribution in [0.3, 0.4) is 0 Å². The highest BCUT2D eigenvalue weighted by molar-refractivity contribution is 5.58. The maximum Gasteiger partial charge on any atom is 0.124 e. The molecule has 3 heteroatoms. The molecule has 2 N–H and O–H groups in total. The van der Waals surface area contributed by atoms with Crippen molar-refractivity contribution in [2.75, 3.05) is 0 Å². The molecule has 1 atom stereocenters. The fourth-order valence-corrected chi connectivity index (χ4v) is 3.23. The van der Waals surface area contributed by atoms with Gasteiger partial charge in [0.05, 0.1) is 17.9 Å². The Bertz CT molecular complexity index is 947. The highest BCUT2D eigenvalue weighted by Crippen LogP contribution is 2.21. The third-order valence-electron chi connectivity index (χ3n) is 4.69. The van der Waals surface area contributed by atoms with Crippen LogP contribution in [-0.2, 0) is 13.0 Å². The second-order valence-corrected chi connectivity index (χ2v) is 6.66. The van der Waals surface area contributed by atoms with Crippen LogP contribution in [0.25, 0.3) is 11.3 Å². The van der Waals surface area contributed by atoms with Crippen LogP contribution in [0.2, 0.25) is 0 Å². The molecule has 0 spiro atoms. The van der Waals surface area contributed by atoms with E-state index >= 15 is 0 Å². The Morgan fingerprint density at radius 3 is 2.00 bits per heavy atom. The first-order chi connectivity index (χ1) is 13.4. The molecule has 0 aliphatic rings. The molecule has 3 nitrogen and oxygen atoms in total. The summed E-state index contributed by atoms with van der Waals surface area (Å²) < 4.78 is 0. The van der Waals surface area contributed by atoms with Gasteiger partial charge >= 0.3 is 0 Å². The number of nitrogens with zero attached hydrogens (tertiary/aromatic N) is 1. The normalized spacial score (nSPS) is 12.0. The lowest BCUT2D eigenvalue weighted by Gasteiger charge is -2.17. The minimum atomic E-state index is 0.116. The van der Waals surface area contributed by atoms with Gasteiger partial charge in [0.1, 0.15) is 5.82 Å². The molecular weight excluding hydrogens is 330 g/mol. The minimum absolute atomic E-state index is 0.116. The number of imidazole rings is 1. The SMILES string of the molecule is c1ccc(CNC(Cc2ccccc2)c2ncc(-c3ccccc3)[nH]2)cc1. The van der Waals surface area contributed by atoms with Gasteiger partial charge in [-0.05, 0) is 23.1 Å². The number of benzene rings is 3. The first kappa shape index (κ1) is 17.3. The summed E-state index contributed by atoms with van der Waals surface area (Å²) >= 11 is 0. The van der Waals surface area contributed by atoms with Gasteiger partial charge in [-0.25, -0.2) is 4.98 Å². The van der Waals surface area contributed by atoms with E-state index < -0.39 is 0 Å². The zero-order chi connectivity index (χ0) is 18.3. The summed E-state index contributed by atoms with van der Waals surface area (Å²) in [5.41, 5.74) is 4.76. The van der Waals surface area contributed by atoms with E-state index in [9.17, 15) is 0 Å². The Hall–Kier alpha value is -3.17. The standard InChI is InChI=1S/C24H23N3/c1-4-10-19(11-5-1)16-22(25-17-20-12-6-2-7-13-20)24-26-18-23(27-24)21-14-8-3-9-15-21/h1-15,18,22,25H,16-17H2,(H,26,27). The molecule has 0 radical (unpaired) electrons. The van der Waals surface area contributed by atoms with Gasteiger partial charge in [-0.2, -0.15) is 0 Å². The second-order valence-electron chi connectivity index (χ2n) is 6.66. The molecule has 4 rings (SSSR count). The van der Waals surface area contributed by atoms with E-state index in [1.165, 1.54) is 11.1 Å². The summed E-state index contributed by atoms with van der Waals surface area (Å²) in [6.45, 7) is 0.805. The predicted molar refractivity (Wildman–Crippen MR) is 110 cm³/mol. The van der Waals surface area contributed by atoms with Crippen molar-refractivity contribution in [1.29, 1.82) is 0 Å². The number of hydrogen-bond donors (Lipinski definition) is 2. The fraction of sp³-hybridized carbons (Fsp3) is 0.125. The molecule has 1 unspecified atom stereocenters. The molecule has 0 saturated heterocycles. The van der Waals surface area contributed by atoms with Crippen LogP contribution < -0.4 is 5.32 Å². The number of aromatic nitrogens is 2. The van der Waals surface area contributed by atoms with Crippen molar-refractivity contribution in [3.8, 4) is 11.3 Å². The molecule has 134 valence electrons. The average Bonchev–Trinajstić information content (AvgIpc) is 3.23. The fourth-order valence-electron chi connectivity index (χ4n) is 3.23. The molecule has 0 fully saturated rings. The Balaban J connectivity index is 1.56. The van der Waals surface area contributed by atoms with Crippen molar-refractivity contribution in [2.45, 2.75) is 19.0 Å². The average molecular weight is 353 g/mol. The summed E-state index contributed by atoms with van der Waals surface area (Å²) in [5.74, 6) is 0.966. The molecule has 27 heavy (non-hydrogen) atoms. The van der Waals surface area contributed by atoms with Gasteiger partial charge < -0.3 is 10.3 Å². The quantitative estimate of drug-likeness (QED) is 0.482. The smallest absolute Gasteiger partial charge is 0.124 e. The Labute approximate surface area is 160 Å². The van der Waals surface area contributed by atoms with E-state index in [0.717, 1.165) is 30.0 Å². The summed E-state index contributed by atoms with van der Waals surface area (Å²) in [5, 5.41) is 3.67. The number of rotatable bonds is 7. The molecular formula is C24H23N3. The van der Waals surface area contributed by atoms with Gasteiger partial charge in [-0.15, -0.1) is 0 Å². The van der Waals surface area contributed by atoms with Gasteiger partial charge in [0, 0.05) is 6.54 Å². The van der Waals surface area contributed by atoms with Gasteiger partial charge in [0.25, 0.3) is 0 Å². The number of nitrogens with one attached hydrogen (secondary N) is 2. The van der Waals surface area contributed by atoms with Gasteiger partial charge in [-0.3, -0.25) is 0 Å². The molecule has 0 aliphatic heterocycles. The van der Waals surface area contributed by atoms with Crippen molar-refractivity contribution >= 4 is 0 Å². The summed E-state index contributed by atoms with van der Waals surface area (Å²) in [7, 11) is 0. The number of aromatic amines is 1. The van der Waals surface area contributed by atoms with Crippen molar-refractivity contribution < 1.29 is 0 Å². The Kier molecular flexibility index (Phi) is 5.42. The molecule has 1 heterocycles. The van der Waals surface area contributed by atoms with Crippen molar-refractivity contribution in [3.63, 3.8) is 0 Å². The number of hydrogen-bond acceptors (Lipinski definition) is 2. The molecule has 0 saturated carbocycles. The molecule has 1 aromatic heterocycles. The van der Waals surface area contributed by atoms with Gasteiger partial charge in [0.2, 0.25) is 0 Å². The van der Waals surface area contributed by atoms with Gasteiger partial charge in [0.15, 0.2) is 0 Å². The van der Waals surface area contributed by atoms with Crippen LogP contribution in [0.5, 0.6) is 0 Å². The second kappa shape index (κ2) is 8.47. The van der Waals surface area contributed by atoms with E-state index in [-0.39, 0.29) is 6.04 Å². The van der Waals surface area contributed by atoms with E-state index in [4.69, 9.17) is 0 Å². The van der Waals surface area contributed by atoms with Crippen molar-refractivity contribution in [2.24, 2.45) is 0 Å². The zero-order valence-electron chi connectivity index (χ0n) is 15.2. The van der Waals surface area contributed by atoms with E-state index in [1.807, 2.05) is 30.5 Å². The molecule has 4 aromatic rings. The van der Waals surface area contributed by atoms with E-state index in [1.54, 1.807) is 0 Å². The number of H-pyrrole nitrogens is 1. The predicted octanol–water partition coefficient (Wildman–Crippen LogP) is 5.15. The van der Waals surface area contributed by atoms with E-state index in [2.05, 4.69) is 82.0 Å². The summed E-state index contributed by atoms with van der Waals surface area (Å²) in [4.78, 5) is 8.20. The largest absolute Gasteiger partial charge is 0.341 e. The third kappa shape index (κ3) is 4.52. The highest BCUT2D eigenvalue weighted by atomic mass is 15.0. The molecule has 0 bridgehead atoms. The van der Waals surface area contributed by atoms with Crippen molar-refractivity contribution in [1.82, 2.24) is 15.3 Å². The third-order valence-corrected chi connectivity index (χ3v) is 4.69. The zero-order valence-corrected chi connectivity index (χ0v) is 15.2. The van der Waals surface area contributed by atoms with Crippen molar-refractivity contribution in [3.05, 3.63) is 114 Å². The molecule has 0 amide bonds. The van der Waals surface area contributed by atoms with Crippen LogP contribution in [0, 0.1) is 0 Å².